The predicted octanol–water partition coefficient (Wildman–Crippen LogP) is 6.19. The molecule has 0 aromatic heterocycles. The summed E-state index contributed by atoms with van der Waals surface area (Å²) in [6, 6.07) is 4.08. The Morgan fingerprint density at radius 3 is 2.42 bits per heavy atom. The van der Waals surface area contributed by atoms with Crippen LogP contribution < -0.4 is 0 Å². The standard InChI is InChI=1S/C23H32O3/c1-16(2)8-6-9-17(3)10-7-11-18(4)19(5)14-22(25)21-13-12-20(24)15-23(21)26/h6,8,10-13,15-16,19,24,26H,7,9,14H2,1-5H3/b8-6+,17-10-,18-11+. The smallest absolute Gasteiger partial charge is 0.167 e. The number of rotatable bonds is 9. The van der Waals surface area contributed by atoms with Crippen molar-refractivity contribution in [3.63, 3.8) is 0 Å². The number of Topliss-reactive ketones (excluding diaryl/α,β-unsaturated/α-hetero) is 1. The molecule has 0 saturated carbocycles. The van der Waals surface area contributed by atoms with Crippen LogP contribution in [-0.4, -0.2) is 16.0 Å². The van der Waals surface area contributed by atoms with Crippen molar-refractivity contribution >= 4 is 5.78 Å². The number of aromatic hydroxyl groups is 2. The van der Waals surface area contributed by atoms with Gasteiger partial charge in [0.05, 0.1) is 5.56 Å². The summed E-state index contributed by atoms with van der Waals surface area (Å²) in [5.41, 5.74) is 2.76. The topological polar surface area (TPSA) is 57.5 Å². The summed E-state index contributed by atoms with van der Waals surface area (Å²) >= 11 is 0. The number of hydrogen-bond donors (Lipinski definition) is 2. The summed E-state index contributed by atoms with van der Waals surface area (Å²) in [7, 11) is 0. The molecule has 0 spiro atoms. The molecule has 0 amide bonds. The number of carbonyl (C=O) groups is 1. The van der Waals surface area contributed by atoms with Gasteiger partial charge in [0, 0.05) is 12.5 Å². The van der Waals surface area contributed by atoms with Crippen LogP contribution in [0.3, 0.4) is 0 Å². The Morgan fingerprint density at radius 1 is 1.12 bits per heavy atom. The van der Waals surface area contributed by atoms with Gasteiger partial charge in [-0.05, 0) is 50.7 Å². The molecule has 1 atom stereocenters. The number of allylic oxidation sites excluding steroid dienone is 6. The van der Waals surface area contributed by atoms with Crippen molar-refractivity contribution < 1.29 is 15.0 Å². The van der Waals surface area contributed by atoms with E-state index in [9.17, 15) is 15.0 Å². The van der Waals surface area contributed by atoms with Gasteiger partial charge in [-0.1, -0.05) is 56.2 Å². The van der Waals surface area contributed by atoms with Crippen LogP contribution >= 0.6 is 0 Å². The van der Waals surface area contributed by atoms with E-state index in [-0.39, 0.29) is 28.8 Å². The molecule has 0 saturated heterocycles. The Labute approximate surface area is 157 Å². The molecule has 3 nitrogen and oxygen atoms in total. The lowest BCUT2D eigenvalue weighted by Crippen LogP contribution is -2.07. The zero-order valence-electron chi connectivity index (χ0n) is 16.6. The zero-order valence-corrected chi connectivity index (χ0v) is 16.6. The summed E-state index contributed by atoms with van der Waals surface area (Å²) in [6.07, 6.45) is 11.0. The zero-order chi connectivity index (χ0) is 19.7. The van der Waals surface area contributed by atoms with E-state index < -0.39 is 0 Å². The molecule has 1 rings (SSSR count). The van der Waals surface area contributed by atoms with Gasteiger partial charge in [-0.3, -0.25) is 4.79 Å². The quantitative estimate of drug-likeness (QED) is 0.409. The molecule has 0 fully saturated rings. The number of carbonyl (C=O) groups excluding carboxylic acids is 1. The lowest BCUT2D eigenvalue weighted by Gasteiger charge is -2.12. The Morgan fingerprint density at radius 2 is 1.81 bits per heavy atom. The first-order valence-corrected chi connectivity index (χ1v) is 9.24. The molecule has 1 aromatic rings. The molecule has 26 heavy (non-hydrogen) atoms. The van der Waals surface area contributed by atoms with E-state index >= 15 is 0 Å². The fraction of sp³-hybridized carbons (Fsp3) is 0.435. The number of hydrogen-bond acceptors (Lipinski definition) is 3. The van der Waals surface area contributed by atoms with Crippen molar-refractivity contribution in [3.05, 3.63) is 59.2 Å². The SMILES string of the molecule is C/C(=C/C/C=C(\C)C(C)CC(=O)c1ccc(O)cc1O)C/C=C/C(C)C. The molecule has 0 radical (unpaired) electrons. The van der Waals surface area contributed by atoms with Crippen molar-refractivity contribution in [1.29, 1.82) is 0 Å². The minimum atomic E-state index is -0.170. The van der Waals surface area contributed by atoms with Crippen LogP contribution in [0, 0.1) is 11.8 Å². The largest absolute Gasteiger partial charge is 0.508 e. The minimum Gasteiger partial charge on any atom is -0.508 e. The van der Waals surface area contributed by atoms with Crippen LogP contribution in [0.1, 0.15) is 64.2 Å². The molecular formula is C23H32O3. The normalized spacial score (nSPS) is 14.2. The maximum Gasteiger partial charge on any atom is 0.167 e. The van der Waals surface area contributed by atoms with E-state index in [1.807, 2.05) is 13.8 Å². The Bertz CT molecular complexity index is 693. The number of phenols is 2. The maximum absolute atomic E-state index is 12.4. The van der Waals surface area contributed by atoms with E-state index in [1.165, 1.54) is 29.3 Å². The van der Waals surface area contributed by atoms with E-state index in [1.54, 1.807) is 0 Å². The van der Waals surface area contributed by atoms with Crippen LogP contribution in [0.2, 0.25) is 0 Å². The molecular weight excluding hydrogens is 324 g/mol. The van der Waals surface area contributed by atoms with Crippen LogP contribution in [0.5, 0.6) is 11.5 Å². The Kier molecular flexibility index (Phi) is 8.91. The first-order valence-electron chi connectivity index (χ1n) is 9.24. The molecule has 142 valence electrons. The molecule has 0 aliphatic heterocycles. The second-order valence-electron chi connectivity index (χ2n) is 7.34. The second kappa shape index (κ2) is 10.6. The fourth-order valence-electron chi connectivity index (χ4n) is 2.56. The first kappa shape index (κ1) is 21.8. The third-order valence-corrected chi connectivity index (χ3v) is 4.42. The number of benzene rings is 1. The minimum absolute atomic E-state index is 0.0476. The fourth-order valence-corrected chi connectivity index (χ4v) is 2.56. The Balaban J connectivity index is 2.59. The highest BCUT2D eigenvalue weighted by Gasteiger charge is 2.16. The summed E-state index contributed by atoms with van der Waals surface area (Å²) in [6.45, 7) is 10.5. The monoisotopic (exact) mass is 356 g/mol. The first-order chi connectivity index (χ1) is 12.2. The van der Waals surface area contributed by atoms with Gasteiger partial charge in [0.15, 0.2) is 5.78 Å². The molecule has 1 aromatic carbocycles. The molecule has 0 aliphatic rings. The van der Waals surface area contributed by atoms with Crippen LogP contribution in [0.15, 0.2) is 53.6 Å². The highest BCUT2D eigenvalue weighted by molar-refractivity contribution is 5.99. The number of phenolic OH excluding ortho intramolecular Hbond substituents is 2. The van der Waals surface area contributed by atoms with Crippen molar-refractivity contribution in [2.45, 2.75) is 53.9 Å². The van der Waals surface area contributed by atoms with Crippen LogP contribution in [0.4, 0.5) is 0 Å². The van der Waals surface area contributed by atoms with Gasteiger partial charge >= 0.3 is 0 Å². The Hall–Kier alpha value is -2.29. The van der Waals surface area contributed by atoms with Gasteiger partial charge in [0.1, 0.15) is 11.5 Å². The average molecular weight is 357 g/mol. The molecule has 3 heteroatoms. The molecule has 0 bridgehead atoms. The highest BCUT2D eigenvalue weighted by Crippen LogP contribution is 2.26. The average Bonchev–Trinajstić information content (AvgIpc) is 2.54. The van der Waals surface area contributed by atoms with Crippen molar-refractivity contribution in [2.24, 2.45) is 11.8 Å². The van der Waals surface area contributed by atoms with Gasteiger partial charge in [0.2, 0.25) is 0 Å². The molecule has 0 aliphatic carbocycles. The van der Waals surface area contributed by atoms with E-state index in [0.29, 0.717) is 12.3 Å². The molecule has 2 N–H and O–H groups in total. The summed E-state index contributed by atoms with van der Waals surface area (Å²) in [4.78, 5) is 12.4. The van der Waals surface area contributed by atoms with Crippen LogP contribution in [-0.2, 0) is 0 Å². The predicted molar refractivity (Wildman–Crippen MR) is 109 cm³/mol. The van der Waals surface area contributed by atoms with Gasteiger partial charge in [-0.15, -0.1) is 0 Å². The molecule has 0 heterocycles. The summed E-state index contributed by atoms with van der Waals surface area (Å²) in [5, 5.41) is 19.1. The van der Waals surface area contributed by atoms with Crippen molar-refractivity contribution in [2.75, 3.05) is 0 Å². The van der Waals surface area contributed by atoms with E-state index in [0.717, 1.165) is 12.8 Å². The van der Waals surface area contributed by atoms with Crippen LogP contribution in [0.25, 0.3) is 0 Å². The van der Waals surface area contributed by atoms with E-state index in [4.69, 9.17) is 0 Å². The highest BCUT2D eigenvalue weighted by atomic mass is 16.3. The lowest BCUT2D eigenvalue weighted by molar-refractivity contribution is 0.0967. The summed E-state index contributed by atoms with van der Waals surface area (Å²) < 4.78 is 0. The third-order valence-electron chi connectivity index (χ3n) is 4.42. The van der Waals surface area contributed by atoms with Gasteiger partial charge in [-0.2, -0.15) is 0 Å². The molecule has 1 unspecified atom stereocenters. The summed E-state index contributed by atoms with van der Waals surface area (Å²) in [5.74, 6) is 0.348. The van der Waals surface area contributed by atoms with Gasteiger partial charge < -0.3 is 10.2 Å². The lowest BCUT2D eigenvalue weighted by atomic mass is 9.93. The van der Waals surface area contributed by atoms with Crippen molar-refractivity contribution in [3.8, 4) is 11.5 Å². The van der Waals surface area contributed by atoms with Crippen molar-refractivity contribution in [1.82, 2.24) is 0 Å². The van der Waals surface area contributed by atoms with E-state index in [2.05, 4.69) is 45.1 Å². The van der Waals surface area contributed by atoms with Gasteiger partial charge in [-0.25, -0.2) is 0 Å². The number of ketones is 1. The van der Waals surface area contributed by atoms with Gasteiger partial charge in [0.25, 0.3) is 0 Å². The third kappa shape index (κ3) is 7.73. The maximum atomic E-state index is 12.4. The second-order valence-corrected chi connectivity index (χ2v) is 7.34.